The fourth-order valence-corrected chi connectivity index (χ4v) is 3.57. The molecule has 134 valence electrons. The molecule has 1 saturated heterocycles. The van der Waals surface area contributed by atoms with Crippen LogP contribution in [-0.2, 0) is 6.54 Å². The Bertz CT molecular complexity index is 852. The molecule has 26 heavy (non-hydrogen) atoms. The molecular weight excluding hydrogens is 329 g/mol. The van der Waals surface area contributed by atoms with Gasteiger partial charge in [-0.25, -0.2) is 9.37 Å². The molecule has 4 rings (SSSR count). The van der Waals surface area contributed by atoms with Gasteiger partial charge in [0.15, 0.2) is 0 Å². The summed E-state index contributed by atoms with van der Waals surface area (Å²) in [5, 5.41) is 8.75. The topological polar surface area (TPSA) is 46.8 Å². The first-order valence-corrected chi connectivity index (χ1v) is 9.01. The van der Waals surface area contributed by atoms with Gasteiger partial charge in [0.05, 0.1) is 6.54 Å². The van der Waals surface area contributed by atoms with Gasteiger partial charge in [0.25, 0.3) is 0 Å². The smallest absolute Gasteiger partial charge is 0.136 e. The van der Waals surface area contributed by atoms with Crippen LogP contribution in [0, 0.1) is 12.7 Å². The number of hydrogen-bond donors (Lipinski definition) is 0. The standard InChI is InChI=1S/C20H22FN5/c1-15-23-24-20(26(15)14-16-5-7-18(21)8-6-16)17-9-12-25(13-10-17)19-4-2-3-11-22-19/h2-8,11,17H,9-10,12-14H2,1H3. The minimum absolute atomic E-state index is 0.212. The van der Waals surface area contributed by atoms with Crippen LogP contribution in [0.5, 0.6) is 0 Å². The Morgan fingerprint density at radius 3 is 2.50 bits per heavy atom. The fourth-order valence-electron chi connectivity index (χ4n) is 3.57. The number of piperidine rings is 1. The van der Waals surface area contributed by atoms with E-state index in [1.165, 1.54) is 12.1 Å². The van der Waals surface area contributed by atoms with E-state index in [-0.39, 0.29) is 5.82 Å². The molecule has 0 aliphatic carbocycles. The first kappa shape index (κ1) is 16.7. The molecule has 6 heteroatoms. The molecule has 1 aromatic carbocycles. The van der Waals surface area contributed by atoms with Gasteiger partial charge in [-0.3, -0.25) is 0 Å². The van der Waals surface area contributed by atoms with Crippen LogP contribution >= 0.6 is 0 Å². The molecule has 0 saturated carbocycles. The molecular formula is C20H22FN5. The Morgan fingerprint density at radius 2 is 1.81 bits per heavy atom. The van der Waals surface area contributed by atoms with E-state index >= 15 is 0 Å². The summed E-state index contributed by atoms with van der Waals surface area (Å²) in [7, 11) is 0. The van der Waals surface area contributed by atoms with Gasteiger partial charge in [-0.1, -0.05) is 18.2 Å². The summed E-state index contributed by atoms with van der Waals surface area (Å²) in [6.45, 7) is 4.58. The van der Waals surface area contributed by atoms with Crippen molar-refractivity contribution in [2.75, 3.05) is 18.0 Å². The molecule has 3 aromatic rings. The van der Waals surface area contributed by atoms with Crippen LogP contribution in [0.2, 0.25) is 0 Å². The zero-order valence-corrected chi connectivity index (χ0v) is 14.8. The number of aryl methyl sites for hydroxylation is 1. The third kappa shape index (κ3) is 3.45. The molecule has 5 nitrogen and oxygen atoms in total. The molecule has 3 heterocycles. The number of halogens is 1. The Kier molecular flexibility index (Phi) is 4.65. The number of pyridine rings is 1. The molecule has 0 atom stereocenters. The van der Waals surface area contributed by atoms with E-state index < -0.39 is 0 Å². The molecule has 1 aliphatic heterocycles. The van der Waals surface area contributed by atoms with E-state index in [2.05, 4.69) is 30.7 Å². The Hall–Kier alpha value is -2.76. The average molecular weight is 351 g/mol. The predicted octanol–water partition coefficient (Wildman–Crippen LogP) is 3.55. The number of rotatable bonds is 4. The third-order valence-corrected chi connectivity index (χ3v) is 5.05. The van der Waals surface area contributed by atoms with Crippen LogP contribution in [0.1, 0.15) is 36.0 Å². The second-order valence-corrected chi connectivity index (χ2v) is 6.77. The highest BCUT2D eigenvalue weighted by Crippen LogP contribution is 2.29. The van der Waals surface area contributed by atoms with Crippen molar-refractivity contribution in [1.29, 1.82) is 0 Å². The van der Waals surface area contributed by atoms with E-state index in [0.717, 1.165) is 49.0 Å². The number of hydrogen-bond acceptors (Lipinski definition) is 4. The molecule has 0 spiro atoms. The lowest BCUT2D eigenvalue weighted by molar-refractivity contribution is 0.466. The summed E-state index contributed by atoms with van der Waals surface area (Å²) < 4.78 is 15.3. The molecule has 1 fully saturated rings. The van der Waals surface area contributed by atoms with Gasteiger partial charge in [0, 0.05) is 25.2 Å². The fraction of sp³-hybridized carbons (Fsp3) is 0.350. The summed E-state index contributed by atoms with van der Waals surface area (Å²) in [4.78, 5) is 6.77. The number of benzene rings is 1. The van der Waals surface area contributed by atoms with E-state index in [1.54, 1.807) is 0 Å². The second kappa shape index (κ2) is 7.23. The summed E-state index contributed by atoms with van der Waals surface area (Å²) in [6, 6.07) is 12.7. The van der Waals surface area contributed by atoms with Crippen molar-refractivity contribution in [2.24, 2.45) is 0 Å². The van der Waals surface area contributed by atoms with Crippen molar-refractivity contribution in [3.8, 4) is 0 Å². The maximum atomic E-state index is 13.2. The van der Waals surface area contributed by atoms with Crippen LogP contribution < -0.4 is 4.90 Å². The van der Waals surface area contributed by atoms with Crippen LogP contribution in [0.4, 0.5) is 10.2 Å². The van der Waals surface area contributed by atoms with E-state index in [1.807, 2.05) is 37.4 Å². The van der Waals surface area contributed by atoms with Gasteiger partial charge < -0.3 is 9.47 Å². The van der Waals surface area contributed by atoms with Gasteiger partial charge in [0.1, 0.15) is 23.3 Å². The van der Waals surface area contributed by atoms with Gasteiger partial charge in [-0.05, 0) is 49.6 Å². The summed E-state index contributed by atoms with van der Waals surface area (Å²) in [5.41, 5.74) is 1.06. The summed E-state index contributed by atoms with van der Waals surface area (Å²) >= 11 is 0. The number of nitrogens with zero attached hydrogens (tertiary/aromatic N) is 5. The van der Waals surface area contributed by atoms with E-state index in [9.17, 15) is 4.39 Å². The monoisotopic (exact) mass is 351 g/mol. The lowest BCUT2D eigenvalue weighted by Crippen LogP contribution is -2.34. The largest absolute Gasteiger partial charge is 0.357 e. The Labute approximate surface area is 152 Å². The molecule has 0 unspecified atom stereocenters. The molecule has 0 bridgehead atoms. The average Bonchev–Trinajstić information content (AvgIpc) is 3.05. The van der Waals surface area contributed by atoms with Crippen LogP contribution in [0.15, 0.2) is 48.7 Å². The highest BCUT2D eigenvalue weighted by Gasteiger charge is 2.26. The van der Waals surface area contributed by atoms with Crippen molar-refractivity contribution in [3.63, 3.8) is 0 Å². The van der Waals surface area contributed by atoms with Crippen LogP contribution in [-0.4, -0.2) is 32.8 Å². The number of aromatic nitrogens is 4. The Morgan fingerprint density at radius 1 is 1.04 bits per heavy atom. The lowest BCUT2D eigenvalue weighted by atomic mass is 9.95. The minimum atomic E-state index is -0.212. The van der Waals surface area contributed by atoms with Gasteiger partial charge in [-0.2, -0.15) is 0 Å². The lowest BCUT2D eigenvalue weighted by Gasteiger charge is -2.32. The SMILES string of the molecule is Cc1nnc(C2CCN(c3ccccn3)CC2)n1Cc1ccc(F)cc1. The second-order valence-electron chi connectivity index (χ2n) is 6.77. The zero-order chi connectivity index (χ0) is 17.9. The normalized spacial score (nSPS) is 15.4. The maximum absolute atomic E-state index is 13.2. The zero-order valence-electron chi connectivity index (χ0n) is 14.8. The van der Waals surface area contributed by atoms with E-state index in [4.69, 9.17) is 0 Å². The molecule has 1 aliphatic rings. The molecule has 0 amide bonds. The minimum Gasteiger partial charge on any atom is -0.357 e. The van der Waals surface area contributed by atoms with Gasteiger partial charge in [0.2, 0.25) is 0 Å². The maximum Gasteiger partial charge on any atom is 0.136 e. The highest BCUT2D eigenvalue weighted by molar-refractivity contribution is 5.38. The first-order valence-electron chi connectivity index (χ1n) is 9.01. The Balaban J connectivity index is 1.48. The van der Waals surface area contributed by atoms with Crippen molar-refractivity contribution in [3.05, 3.63) is 71.7 Å². The van der Waals surface area contributed by atoms with Crippen molar-refractivity contribution < 1.29 is 4.39 Å². The first-order chi connectivity index (χ1) is 12.7. The van der Waals surface area contributed by atoms with Crippen molar-refractivity contribution >= 4 is 5.82 Å². The molecule has 2 aromatic heterocycles. The molecule has 0 N–H and O–H groups in total. The van der Waals surface area contributed by atoms with Crippen LogP contribution in [0.25, 0.3) is 0 Å². The molecule has 0 radical (unpaired) electrons. The van der Waals surface area contributed by atoms with Gasteiger partial charge >= 0.3 is 0 Å². The van der Waals surface area contributed by atoms with Gasteiger partial charge in [-0.15, -0.1) is 10.2 Å². The quantitative estimate of drug-likeness (QED) is 0.721. The van der Waals surface area contributed by atoms with E-state index in [0.29, 0.717) is 12.5 Å². The predicted molar refractivity (Wildman–Crippen MR) is 98.7 cm³/mol. The van der Waals surface area contributed by atoms with Crippen molar-refractivity contribution in [2.45, 2.75) is 32.2 Å². The van der Waals surface area contributed by atoms with Crippen LogP contribution in [0.3, 0.4) is 0 Å². The summed E-state index contributed by atoms with van der Waals surface area (Å²) in [5.74, 6) is 3.15. The van der Waals surface area contributed by atoms with Crippen molar-refractivity contribution in [1.82, 2.24) is 19.7 Å². The third-order valence-electron chi connectivity index (χ3n) is 5.05. The number of anilines is 1. The highest BCUT2D eigenvalue weighted by atomic mass is 19.1. The summed E-state index contributed by atoms with van der Waals surface area (Å²) in [6.07, 6.45) is 3.89.